The van der Waals surface area contributed by atoms with Gasteiger partial charge in [0.25, 0.3) is 5.56 Å². The van der Waals surface area contributed by atoms with Crippen LogP contribution in [-0.2, 0) is 20.8 Å². The molecule has 2 heterocycles. The van der Waals surface area contributed by atoms with E-state index in [0.29, 0.717) is 16.6 Å². The highest BCUT2D eigenvalue weighted by molar-refractivity contribution is 7.07. The van der Waals surface area contributed by atoms with Crippen LogP contribution < -0.4 is 14.8 Å². The summed E-state index contributed by atoms with van der Waals surface area (Å²) in [7, 11) is 1.33. The summed E-state index contributed by atoms with van der Waals surface area (Å²) < 4.78 is 11.7. The minimum Gasteiger partial charge on any atom is -0.465 e. The molecule has 0 aliphatic carbocycles. The van der Waals surface area contributed by atoms with Crippen molar-refractivity contribution >= 4 is 51.9 Å². The summed E-state index contributed by atoms with van der Waals surface area (Å²) in [5.74, 6) is -1.22. The first-order valence-corrected chi connectivity index (χ1v) is 10.8. The van der Waals surface area contributed by atoms with Gasteiger partial charge in [0.05, 0.1) is 17.2 Å². The van der Waals surface area contributed by atoms with Crippen LogP contribution in [0.1, 0.15) is 22.8 Å². The molecule has 3 aromatic rings. The molecule has 0 saturated heterocycles. The normalized spacial score (nSPS) is 12.6. The van der Waals surface area contributed by atoms with E-state index in [1.165, 1.54) is 17.8 Å². The number of carbonyl (C=O) groups is 2. The van der Waals surface area contributed by atoms with Gasteiger partial charge in [-0.1, -0.05) is 30.9 Å². The van der Waals surface area contributed by atoms with Crippen LogP contribution >= 0.6 is 11.3 Å². The Morgan fingerprint density at radius 1 is 1.36 bits per heavy atom. The average Bonchev–Trinajstić information content (AvgIpc) is 3.37. The standard InChI is InChI=1S/C24H21N3O5S/c1-4-11-32-24(30)18(13-25)22-27(5-2)21(28)20(33-22)8-6-7-16-14-26-19-12-15(23(29)31-3)9-10-17(16)19/h4,6-10,12,14,26H,1,5,11H2,2-3H3/b7-6+,20-8-,22-18-. The Hall–Kier alpha value is -4.16. The molecule has 168 valence electrons. The first-order chi connectivity index (χ1) is 15.9. The molecule has 0 amide bonds. The third-order valence-corrected chi connectivity index (χ3v) is 5.89. The van der Waals surface area contributed by atoms with Crippen molar-refractivity contribution in [3.05, 3.63) is 73.8 Å². The third-order valence-electron chi connectivity index (χ3n) is 4.74. The maximum Gasteiger partial charge on any atom is 0.352 e. The highest BCUT2D eigenvalue weighted by Gasteiger charge is 2.16. The Balaban J connectivity index is 2.01. The molecule has 0 unspecified atom stereocenters. The molecule has 0 fully saturated rings. The molecule has 1 aromatic carbocycles. The summed E-state index contributed by atoms with van der Waals surface area (Å²) in [5.41, 5.74) is 1.56. The Kier molecular flexibility index (Phi) is 7.43. The summed E-state index contributed by atoms with van der Waals surface area (Å²) in [6, 6.07) is 7.05. The summed E-state index contributed by atoms with van der Waals surface area (Å²) in [6.07, 6.45) is 8.36. The van der Waals surface area contributed by atoms with E-state index in [9.17, 15) is 19.6 Å². The number of methoxy groups -OCH3 is 1. The Morgan fingerprint density at radius 2 is 2.15 bits per heavy atom. The zero-order valence-electron chi connectivity index (χ0n) is 18.1. The van der Waals surface area contributed by atoms with Crippen molar-refractivity contribution in [3.8, 4) is 6.07 Å². The molecule has 0 spiro atoms. The molecule has 0 aliphatic rings. The van der Waals surface area contributed by atoms with Gasteiger partial charge in [-0.2, -0.15) is 5.26 Å². The van der Waals surface area contributed by atoms with E-state index in [-0.39, 0.29) is 22.4 Å². The molecule has 1 N–H and O–H groups in total. The van der Waals surface area contributed by atoms with E-state index >= 15 is 0 Å². The minimum atomic E-state index is -0.798. The van der Waals surface area contributed by atoms with Gasteiger partial charge in [-0.15, -0.1) is 11.3 Å². The number of allylic oxidation sites excluding steroid dienone is 1. The lowest BCUT2D eigenvalue weighted by Crippen LogP contribution is -2.32. The van der Waals surface area contributed by atoms with Crippen molar-refractivity contribution in [2.75, 3.05) is 13.7 Å². The second-order valence-corrected chi connectivity index (χ2v) is 7.75. The second kappa shape index (κ2) is 10.4. The fraction of sp³-hybridized carbons (Fsp3) is 0.167. The smallest absolute Gasteiger partial charge is 0.352 e. The first-order valence-electron chi connectivity index (χ1n) is 9.95. The van der Waals surface area contributed by atoms with Crippen LogP contribution in [0.4, 0.5) is 0 Å². The molecule has 33 heavy (non-hydrogen) atoms. The Labute approximate surface area is 193 Å². The number of benzene rings is 1. The van der Waals surface area contributed by atoms with Crippen LogP contribution in [0, 0.1) is 11.3 Å². The zero-order valence-corrected chi connectivity index (χ0v) is 18.9. The van der Waals surface area contributed by atoms with Gasteiger partial charge in [0, 0.05) is 23.6 Å². The lowest BCUT2D eigenvalue weighted by Gasteiger charge is -2.00. The van der Waals surface area contributed by atoms with Gasteiger partial charge < -0.3 is 14.5 Å². The second-order valence-electron chi connectivity index (χ2n) is 6.72. The van der Waals surface area contributed by atoms with Crippen LogP contribution in [0.5, 0.6) is 0 Å². The van der Waals surface area contributed by atoms with Crippen LogP contribution in [0.2, 0.25) is 0 Å². The molecular weight excluding hydrogens is 442 g/mol. The lowest BCUT2D eigenvalue weighted by atomic mass is 10.1. The van der Waals surface area contributed by atoms with Crippen LogP contribution in [0.25, 0.3) is 28.6 Å². The first kappa shape index (κ1) is 23.5. The molecule has 0 bridgehead atoms. The molecule has 0 atom stereocenters. The highest BCUT2D eigenvalue weighted by atomic mass is 32.1. The minimum absolute atomic E-state index is 0.0286. The number of thiazole rings is 1. The molecule has 2 aromatic heterocycles. The van der Waals surface area contributed by atoms with Crippen molar-refractivity contribution in [1.29, 1.82) is 5.26 Å². The molecule has 9 heteroatoms. The molecule has 3 rings (SSSR count). The average molecular weight is 464 g/mol. The van der Waals surface area contributed by atoms with Gasteiger partial charge >= 0.3 is 11.9 Å². The third kappa shape index (κ3) is 4.86. The van der Waals surface area contributed by atoms with Crippen molar-refractivity contribution in [3.63, 3.8) is 0 Å². The van der Waals surface area contributed by atoms with E-state index in [4.69, 9.17) is 9.47 Å². The van der Waals surface area contributed by atoms with Gasteiger partial charge in [0.1, 0.15) is 17.3 Å². The number of nitriles is 1. The number of esters is 2. The van der Waals surface area contributed by atoms with Gasteiger partial charge in [0.15, 0.2) is 5.57 Å². The number of rotatable bonds is 7. The summed E-state index contributed by atoms with van der Waals surface area (Å²) >= 11 is 1.05. The Bertz CT molecular complexity index is 1480. The maximum absolute atomic E-state index is 12.8. The Morgan fingerprint density at radius 3 is 2.82 bits per heavy atom. The van der Waals surface area contributed by atoms with E-state index < -0.39 is 11.9 Å². The number of H-pyrrole nitrogens is 1. The van der Waals surface area contributed by atoms with Crippen molar-refractivity contribution < 1.29 is 19.1 Å². The highest BCUT2D eigenvalue weighted by Crippen LogP contribution is 2.21. The van der Waals surface area contributed by atoms with Crippen LogP contribution in [-0.4, -0.2) is 35.2 Å². The molecule has 0 radical (unpaired) electrons. The number of nitrogens with zero attached hydrogens (tertiary/aromatic N) is 2. The summed E-state index contributed by atoms with van der Waals surface area (Å²) in [6.45, 7) is 5.50. The van der Waals surface area contributed by atoms with Gasteiger partial charge in [-0.3, -0.25) is 9.36 Å². The van der Waals surface area contributed by atoms with Gasteiger partial charge in [-0.25, -0.2) is 9.59 Å². The maximum atomic E-state index is 12.8. The monoisotopic (exact) mass is 463 g/mol. The molecule has 0 saturated carbocycles. The molecule has 0 aliphatic heterocycles. The van der Waals surface area contributed by atoms with E-state index in [2.05, 4.69) is 11.6 Å². The van der Waals surface area contributed by atoms with E-state index in [0.717, 1.165) is 27.8 Å². The SMILES string of the molecule is C=CCOC(=O)/C(C#N)=c1\s/c(=C\C=C\c2c[nH]c3cc(C(=O)OC)ccc23)c(=O)n1CC. The molecular formula is C24H21N3O5S. The van der Waals surface area contributed by atoms with Crippen LogP contribution in [0.3, 0.4) is 0 Å². The summed E-state index contributed by atoms with van der Waals surface area (Å²) in [5, 5.41) is 10.4. The number of nitrogens with one attached hydrogen (secondary N) is 1. The van der Waals surface area contributed by atoms with Crippen molar-refractivity contribution in [2.45, 2.75) is 13.5 Å². The van der Waals surface area contributed by atoms with Crippen molar-refractivity contribution in [1.82, 2.24) is 9.55 Å². The quantitative estimate of drug-likeness (QED) is 0.424. The zero-order chi connectivity index (χ0) is 24.0. The number of aromatic amines is 1. The predicted molar refractivity (Wildman–Crippen MR) is 127 cm³/mol. The number of carbonyl (C=O) groups excluding carboxylic acids is 2. The van der Waals surface area contributed by atoms with Gasteiger partial charge in [0.2, 0.25) is 0 Å². The van der Waals surface area contributed by atoms with E-state index in [1.807, 2.05) is 18.2 Å². The number of fused-ring (bicyclic) bond motifs is 1. The topological polar surface area (TPSA) is 114 Å². The van der Waals surface area contributed by atoms with Crippen LogP contribution in [0.15, 0.2) is 47.9 Å². The molecule has 8 nitrogen and oxygen atoms in total. The van der Waals surface area contributed by atoms with E-state index in [1.54, 1.807) is 37.4 Å². The number of hydrogen-bond donors (Lipinski definition) is 1. The number of hydrogen-bond acceptors (Lipinski definition) is 7. The largest absolute Gasteiger partial charge is 0.465 e. The number of aromatic nitrogens is 2. The summed E-state index contributed by atoms with van der Waals surface area (Å²) in [4.78, 5) is 39.8. The van der Waals surface area contributed by atoms with Crippen molar-refractivity contribution in [2.24, 2.45) is 0 Å². The number of ether oxygens (including phenoxy) is 2. The fourth-order valence-corrected chi connectivity index (χ4v) is 4.27. The predicted octanol–water partition coefficient (Wildman–Crippen LogP) is 2.09. The lowest BCUT2D eigenvalue weighted by molar-refractivity contribution is -0.135. The fourth-order valence-electron chi connectivity index (χ4n) is 3.16. The van der Waals surface area contributed by atoms with Gasteiger partial charge in [-0.05, 0) is 30.7 Å².